The van der Waals surface area contributed by atoms with Gasteiger partial charge in [0.25, 0.3) is 0 Å². The largest absolute Gasteiger partial charge is 0.488 e. The molecular formula is C16H25NO2. The van der Waals surface area contributed by atoms with Crippen molar-refractivity contribution in [3.63, 3.8) is 0 Å². The SMILES string of the molecule is CCNC(C)CCc1ccc(OC2CCOC2)cc1. The van der Waals surface area contributed by atoms with E-state index in [1.165, 1.54) is 12.0 Å². The van der Waals surface area contributed by atoms with Crippen LogP contribution in [0.3, 0.4) is 0 Å². The minimum atomic E-state index is 0.236. The van der Waals surface area contributed by atoms with Gasteiger partial charge in [-0.3, -0.25) is 0 Å². The number of nitrogens with one attached hydrogen (secondary N) is 1. The van der Waals surface area contributed by atoms with Crippen molar-refractivity contribution in [1.29, 1.82) is 0 Å². The molecule has 0 radical (unpaired) electrons. The van der Waals surface area contributed by atoms with E-state index in [9.17, 15) is 0 Å². The molecule has 1 N–H and O–H groups in total. The molecule has 1 aromatic rings. The van der Waals surface area contributed by atoms with Crippen LogP contribution in [0, 0.1) is 0 Å². The van der Waals surface area contributed by atoms with Crippen molar-refractivity contribution in [2.24, 2.45) is 0 Å². The van der Waals surface area contributed by atoms with E-state index in [0.29, 0.717) is 6.04 Å². The number of hydrogen-bond acceptors (Lipinski definition) is 3. The Bertz CT molecular complexity index is 358. The van der Waals surface area contributed by atoms with E-state index < -0.39 is 0 Å². The molecule has 2 unspecified atom stereocenters. The molecule has 1 aliphatic rings. The molecule has 1 fully saturated rings. The highest BCUT2D eigenvalue weighted by Crippen LogP contribution is 2.18. The molecule has 19 heavy (non-hydrogen) atoms. The average molecular weight is 263 g/mol. The topological polar surface area (TPSA) is 30.5 Å². The molecule has 0 aliphatic carbocycles. The van der Waals surface area contributed by atoms with Crippen LogP contribution in [0.25, 0.3) is 0 Å². The molecule has 1 heterocycles. The lowest BCUT2D eigenvalue weighted by atomic mass is 10.1. The minimum absolute atomic E-state index is 0.236. The molecule has 1 aromatic carbocycles. The van der Waals surface area contributed by atoms with E-state index in [-0.39, 0.29) is 6.10 Å². The summed E-state index contributed by atoms with van der Waals surface area (Å²) >= 11 is 0. The third-order valence-electron chi connectivity index (χ3n) is 3.53. The molecule has 2 atom stereocenters. The summed E-state index contributed by atoms with van der Waals surface area (Å²) in [6.45, 7) is 6.97. The van der Waals surface area contributed by atoms with Gasteiger partial charge < -0.3 is 14.8 Å². The first-order valence-electron chi connectivity index (χ1n) is 7.34. The predicted molar refractivity (Wildman–Crippen MR) is 77.8 cm³/mol. The Labute approximate surface area is 116 Å². The normalized spacial score (nSPS) is 20.4. The molecule has 1 aliphatic heterocycles. The summed E-state index contributed by atoms with van der Waals surface area (Å²) in [5, 5.41) is 3.44. The highest BCUT2D eigenvalue weighted by atomic mass is 16.5. The molecule has 0 saturated carbocycles. The van der Waals surface area contributed by atoms with Crippen LogP contribution >= 0.6 is 0 Å². The predicted octanol–water partition coefficient (Wildman–Crippen LogP) is 2.78. The molecule has 106 valence electrons. The maximum absolute atomic E-state index is 5.86. The molecule has 0 aromatic heterocycles. The second-order valence-electron chi connectivity index (χ2n) is 5.24. The fourth-order valence-electron chi connectivity index (χ4n) is 2.37. The Morgan fingerprint density at radius 2 is 2.16 bits per heavy atom. The van der Waals surface area contributed by atoms with E-state index in [2.05, 4.69) is 43.4 Å². The van der Waals surface area contributed by atoms with Crippen LogP contribution in [0.1, 0.15) is 32.3 Å². The molecule has 2 rings (SSSR count). The minimum Gasteiger partial charge on any atom is -0.488 e. The van der Waals surface area contributed by atoms with Crippen LogP contribution in [0.2, 0.25) is 0 Å². The molecule has 3 nitrogen and oxygen atoms in total. The van der Waals surface area contributed by atoms with Gasteiger partial charge in [-0.15, -0.1) is 0 Å². The Morgan fingerprint density at radius 3 is 2.79 bits per heavy atom. The lowest BCUT2D eigenvalue weighted by Crippen LogP contribution is -2.25. The quantitative estimate of drug-likeness (QED) is 0.820. The zero-order valence-electron chi connectivity index (χ0n) is 12.0. The highest BCUT2D eigenvalue weighted by Gasteiger charge is 2.16. The Balaban J connectivity index is 1.77. The van der Waals surface area contributed by atoms with E-state index in [1.54, 1.807) is 0 Å². The van der Waals surface area contributed by atoms with Crippen molar-refractivity contribution in [2.75, 3.05) is 19.8 Å². The van der Waals surface area contributed by atoms with Crippen LogP contribution in [0.5, 0.6) is 5.75 Å². The van der Waals surface area contributed by atoms with Crippen molar-refractivity contribution in [2.45, 2.75) is 45.3 Å². The fourth-order valence-corrected chi connectivity index (χ4v) is 2.37. The van der Waals surface area contributed by atoms with E-state index in [4.69, 9.17) is 9.47 Å². The fraction of sp³-hybridized carbons (Fsp3) is 0.625. The van der Waals surface area contributed by atoms with Crippen molar-refractivity contribution in [1.82, 2.24) is 5.32 Å². The summed E-state index contributed by atoms with van der Waals surface area (Å²) in [7, 11) is 0. The van der Waals surface area contributed by atoms with Crippen molar-refractivity contribution < 1.29 is 9.47 Å². The summed E-state index contributed by atoms with van der Waals surface area (Å²) < 4.78 is 11.2. The van der Waals surface area contributed by atoms with Gasteiger partial charge in [-0.25, -0.2) is 0 Å². The maximum atomic E-state index is 5.86. The zero-order chi connectivity index (χ0) is 13.5. The van der Waals surface area contributed by atoms with Crippen molar-refractivity contribution in [3.05, 3.63) is 29.8 Å². The third-order valence-corrected chi connectivity index (χ3v) is 3.53. The van der Waals surface area contributed by atoms with Gasteiger partial charge in [0, 0.05) is 12.5 Å². The van der Waals surface area contributed by atoms with Crippen molar-refractivity contribution in [3.8, 4) is 5.75 Å². The molecular weight excluding hydrogens is 238 g/mol. The van der Waals surface area contributed by atoms with Crippen molar-refractivity contribution >= 4 is 0 Å². The number of ether oxygens (including phenoxy) is 2. The third kappa shape index (κ3) is 4.84. The first-order chi connectivity index (χ1) is 9.28. The number of aryl methyl sites for hydroxylation is 1. The van der Waals surface area contributed by atoms with Gasteiger partial charge in [-0.05, 0) is 44.0 Å². The van der Waals surface area contributed by atoms with E-state index >= 15 is 0 Å². The number of rotatable bonds is 7. The lowest BCUT2D eigenvalue weighted by Gasteiger charge is -2.13. The molecule has 1 saturated heterocycles. The number of benzene rings is 1. The Hall–Kier alpha value is -1.06. The van der Waals surface area contributed by atoms with Crippen LogP contribution in [-0.2, 0) is 11.2 Å². The molecule has 3 heteroatoms. The average Bonchev–Trinajstić information content (AvgIpc) is 2.91. The van der Waals surface area contributed by atoms with Crippen LogP contribution in [-0.4, -0.2) is 31.9 Å². The summed E-state index contributed by atoms with van der Waals surface area (Å²) in [5.74, 6) is 0.957. The van der Waals surface area contributed by atoms with Crippen LogP contribution < -0.4 is 10.1 Å². The smallest absolute Gasteiger partial charge is 0.124 e. The van der Waals surface area contributed by atoms with Gasteiger partial charge in [0.05, 0.1) is 13.2 Å². The highest BCUT2D eigenvalue weighted by molar-refractivity contribution is 5.27. The first-order valence-corrected chi connectivity index (χ1v) is 7.34. The molecule has 0 bridgehead atoms. The first kappa shape index (κ1) is 14.4. The zero-order valence-corrected chi connectivity index (χ0v) is 12.0. The van der Waals surface area contributed by atoms with Crippen LogP contribution in [0.15, 0.2) is 24.3 Å². The maximum Gasteiger partial charge on any atom is 0.124 e. The van der Waals surface area contributed by atoms with Gasteiger partial charge in [0.2, 0.25) is 0 Å². The summed E-state index contributed by atoms with van der Waals surface area (Å²) in [5.41, 5.74) is 1.37. The second kappa shape index (κ2) is 7.51. The second-order valence-corrected chi connectivity index (χ2v) is 5.24. The molecule has 0 amide bonds. The van der Waals surface area contributed by atoms with Gasteiger partial charge in [0.15, 0.2) is 0 Å². The van der Waals surface area contributed by atoms with Gasteiger partial charge in [-0.2, -0.15) is 0 Å². The Morgan fingerprint density at radius 1 is 1.37 bits per heavy atom. The monoisotopic (exact) mass is 263 g/mol. The summed E-state index contributed by atoms with van der Waals surface area (Å²) in [6.07, 6.45) is 3.52. The summed E-state index contributed by atoms with van der Waals surface area (Å²) in [6, 6.07) is 9.07. The Kier molecular flexibility index (Phi) is 5.67. The standard InChI is InChI=1S/C16H25NO2/c1-3-17-13(2)4-5-14-6-8-15(9-7-14)19-16-10-11-18-12-16/h6-9,13,16-17H,3-5,10-12H2,1-2H3. The van der Waals surface area contributed by atoms with Gasteiger partial charge in [0.1, 0.15) is 11.9 Å². The lowest BCUT2D eigenvalue weighted by molar-refractivity contribution is 0.141. The molecule has 0 spiro atoms. The number of hydrogen-bond donors (Lipinski definition) is 1. The van der Waals surface area contributed by atoms with E-state index in [0.717, 1.165) is 38.3 Å². The van der Waals surface area contributed by atoms with Gasteiger partial charge in [-0.1, -0.05) is 19.1 Å². The van der Waals surface area contributed by atoms with E-state index in [1.807, 2.05) is 0 Å². The van der Waals surface area contributed by atoms with Gasteiger partial charge >= 0.3 is 0 Å². The van der Waals surface area contributed by atoms with Crippen LogP contribution in [0.4, 0.5) is 0 Å². The summed E-state index contributed by atoms with van der Waals surface area (Å²) in [4.78, 5) is 0.